The van der Waals surface area contributed by atoms with E-state index in [-0.39, 0.29) is 23.8 Å². The lowest BCUT2D eigenvalue weighted by molar-refractivity contribution is -0.117. The lowest BCUT2D eigenvalue weighted by Gasteiger charge is -2.34. The zero-order chi connectivity index (χ0) is 31.8. The van der Waals surface area contributed by atoms with Gasteiger partial charge in [0.25, 0.3) is 5.91 Å². The van der Waals surface area contributed by atoms with Gasteiger partial charge in [0, 0.05) is 68.5 Å². The molecular formula is C34H35N9O3. The highest BCUT2D eigenvalue weighted by Gasteiger charge is 2.26. The zero-order valence-corrected chi connectivity index (χ0v) is 25.8. The van der Waals surface area contributed by atoms with Gasteiger partial charge in [0.15, 0.2) is 0 Å². The van der Waals surface area contributed by atoms with E-state index in [1.54, 1.807) is 25.5 Å². The van der Waals surface area contributed by atoms with Crippen LogP contribution in [0.15, 0.2) is 67.1 Å². The largest absolute Gasteiger partial charge is 0.378 e. The van der Waals surface area contributed by atoms with Crippen LogP contribution in [0.25, 0.3) is 28.0 Å². The molecule has 1 saturated heterocycles. The standard InChI is InChI=1S/C34H35N9O3/c1-21-3-6-26-15-25(9-10-30(26)43(21)22(2)44)24-7-4-23(5-8-24)17-36-32(45)29-20-42-31(39-29)16-28(27-18-37-33(35)38-19-27)40-34(42)41-11-13-46-14-12-41/h4-5,7-10,15-16,18-21H,3,6,11-14,17H2,1-2H3,(H,36,45)(H2,35,37,38)/t21-/m0/s1. The SMILES string of the molecule is CC(=O)N1c2ccc(-c3ccc(CNC(=O)c4cn5c(N6CCOCC6)nc(-c6cnc(N)nc6)cc5n4)cc3)cc2CC[C@@H]1C. The Bertz CT molecular complexity index is 1920. The summed E-state index contributed by atoms with van der Waals surface area (Å²) in [4.78, 5) is 47.3. The minimum Gasteiger partial charge on any atom is -0.378 e. The van der Waals surface area contributed by atoms with E-state index in [0.717, 1.165) is 35.2 Å². The molecular weight excluding hydrogens is 582 g/mol. The Morgan fingerprint density at radius 1 is 0.978 bits per heavy atom. The number of morpholine rings is 1. The normalized spacial score (nSPS) is 16.3. The molecule has 12 heteroatoms. The van der Waals surface area contributed by atoms with Gasteiger partial charge in [-0.25, -0.2) is 19.9 Å². The third-order valence-corrected chi connectivity index (χ3v) is 8.62. The molecule has 12 nitrogen and oxygen atoms in total. The predicted molar refractivity (Wildman–Crippen MR) is 175 cm³/mol. The van der Waals surface area contributed by atoms with E-state index in [9.17, 15) is 9.59 Å². The molecule has 5 aromatic rings. The molecule has 0 spiro atoms. The zero-order valence-electron chi connectivity index (χ0n) is 25.8. The fourth-order valence-electron chi connectivity index (χ4n) is 6.19. The van der Waals surface area contributed by atoms with Crippen LogP contribution in [0, 0.1) is 0 Å². The van der Waals surface area contributed by atoms with E-state index < -0.39 is 0 Å². The van der Waals surface area contributed by atoms with Gasteiger partial charge in [-0.15, -0.1) is 0 Å². The van der Waals surface area contributed by atoms with Gasteiger partial charge in [0.1, 0.15) is 11.3 Å². The molecule has 0 unspecified atom stereocenters. The first-order valence-corrected chi connectivity index (χ1v) is 15.4. The molecule has 0 bridgehead atoms. The van der Waals surface area contributed by atoms with E-state index in [0.29, 0.717) is 61.4 Å². The molecule has 0 radical (unpaired) electrons. The smallest absolute Gasteiger partial charge is 0.271 e. The number of hydrogen-bond donors (Lipinski definition) is 2. The van der Waals surface area contributed by atoms with Crippen LogP contribution < -0.4 is 20.9 Å². The lowest BCUT2D eigenvalue weighted by atomic mass is 9.93. The Morgan fingerprint density at radius 2 is 1.72 bits per heavy atom. The van der Waals surface area contributed by atoms with Crippen molar-refractivity contribution in [3.8, 4) is 22.4 Å². The summed E-state index contributed by atoms with van der Waals surface area (Å²) in [5.41, 5.74) is 13.2. The first-order valence-electron chi connectivity index (χ1n) is 15.4. The van der Waals surface area contributed by atoms with E-state index in [4.69, 9.17) is 15.5 Å². The van der Waals surface area contributed by atoms with Gasteiger partial charge in [-0.2, -0.15) is 0 Å². The number of rotatable bonds is 6. The van der Waals surface area contributed by atoms with Gasteiger partial charge in [0.05, 0.1) is 18.9 Å². The second-order valence-electron chi connectivity index (χ2n) is 11.7. The maximum absolute atomic E-state index is 13.3. The van der Waals surface area contributed by atoms with Crippen LogP contribution in [-0.2, 0) is 22.5 Å². The van der Waals surface area contributed by atoms with Crippen LogP contribution in [0.3, 0.4) is 0 Å². The monoisotopic (exact) mass is 617 g/mol. The first kappa shape index (κ1) is 29.4. The number of nitrogen functional groups attached to an aromatic ring is 1. The summed E-state index contributed by atoms with van der Waals surface area (Å²) in [5.74, 6) is 0.643. The third kappa shape index (κ3) is 5.74. The minimum absolute atomic E-state index is 0.0727. The number of ether oxygens (including phenoxy) is 1. The van der Waals surface area contributed by atoms with E-state index in [2.05, 4.69) is 62.4 Å². The molecule has 234 valence electrons. The van der Waals surface area contributed by atoms with Gasteiger partial charge in [-0.05, 0) is 54.2 Å². The summed E-state index contributed by atoms with van der Waals surface area (Å²) < 4.78 is 7.38. The Hall–Kier alpha value is -5.36. The number of fused-ring (bicyclic) bond motifs is 2. The van der Waals surface area contributed by atoms with Crippen LogP contribution in [-0.4, -0.2) is 68.5 Å². The molecule has 1 atom stereocenters. The van der Waals surface area contributed by atoms with Gasteiger partial charge >= 0.3 is 0 Å². The fraction of sp³-hybridized carbons (Fsp3) is 0.294. The Kier molecular flexibility index (Phi) is 7.79. The second kappa shape index (κ2) is 12.2. The second-order valence-corrected chi connectivity index (χ2v) is 11.7. The summed E-state index contributed by atoms with van der Waals surface area (Å²) in [7, 11) is 0. The molecule has 3 N–H and O–H groups in total. The van der Waals surface area contributed by atoms with Gasteiger partial charge < -0.3 is 25.6 Å². The summed E-state index contributed by atoms with van der Waals surface area (Å²) in [6.45, 7) is 6.58. The number of carbonyl (C=O) groups is 2. The summed E-state index contributed by atoms with van der Waals surface area (Å²) in [6.07, 6.45) is 6.87. The predicted octanol–water partition coefficient (Wildman–Crippen LogP) is 3.89. The van der Waals surface area contributed by atoms with Crippen molar-refractivity contribution in [1.29, 1.82) is 0 Å². The fourth-order valence-corrected chi connectivity index (χ4v) is 6.19. The number of aryl methyl sites for hydroxylation is 1. The van der Waals surface area contributed by atoms with Crippen molar-refractivity contribution in [2.75, 3.05) is 41.8 Å². The molecule has 46 heavy (non-hydrogen) atoms. The molecule has 2 amide bonds. The summed E-state index contributed by atoms with van der Waals surface area (Å²) in [6, 6.07) is 16.5. The number of benzene rings is 2. The highest BCUT2D eigenvalue weighted by molar-refractivity contribution is 5.94. The summed E-state index contributed by atoms with van der Waals surface area (Å²) in [5, 5.41) is 3.01. The maximum atomic E-state index is 13.3. The molecule has 1 fully saturated rings. The number of nitrogens with two attached hydrogens (primary N) is 1. The number of aromatic nitrogens is 5. The quantitative estimate of drug-likeness (QED) is 0.290. The molecule has 0 aliphatic carbocycles. The topological polar surface area (TPSA) is 144 Å². The Morgan fingerprint density at radius 3 is 2.46 bits per heavy atom. The van der Waals surface area contributed by atoms with Crippen molar-refractivity contribution in [2.45, 2.75) is 39.3 Å². The Balaban J connectivity index is 1.08. The number of hydrogen-bond acceptors (Lipinski definition) is 9. The number of amides is 2. The highest BCUT2D eigenvalue weighted by Crippen LogP contribution is 2.34. The van der Waals surface area contributed by atoms with Gasteiger partial charge in [-0.1, -0.05) is 30.3 Å². The molecule has 0 saturated carbocycles. The van der Waals surface area contributed by atoms with E-state index in [1.165, 1.54) is 5.56 Å². The van der Waals surface area contributed by atoms with Crippen LogP contribution in [0.1, 0.15) is 41.9 Å². The molecule has 2 aliphatic heterocycles. The van der Waals surface area contributed by atoms with Crippen LogP contribution in [0.5, 0.6) is 0 Å². The molecule has 7 rings (SSSR count). The summed E-state index contributed by atoms with van der Waals surface area (Å²) >= 11 is 0. The van der Waals surface area contributed by atoms with E-state index >= 15 is 0 Å². The molecule has 3 aromatic heterocycles. The first-order chi connectivity index (χ1) is 22.3. The number of carbonyl (C=O) groups excluding carboxylic acids is 2. The highest BCUT2D eigenvalue weighted by atomic mass is 16.5. The average molecular weight is 618 g/mol. The van der Waals surface area contributed by atoms with Gasteiger partial charge in [0.2, 0.25) is 17.8 Å². The van der Waals surface area contributed by atoms with Crippen molar-refractivity contribution in [1.82, 2.24) is 29.7 Å². The van der Waals surface area contributed by atoms with Crippen molar-refractivity contribution in [2.24, 2.45) is 0 Å². The maximum Gasteiger partial charge on any atom is 0.271 e. The van der Waals surface area contributed by atoms with Crippen molar-refractivity contribution in [3.63, 3.8) is 0 Å². The minimum atomic E-state index is -0.281. The number of nitrogens with one attached hydrogen (secondary N) is 1. The van der Waals surface area contributed by atoms with Crippen LogP contribution in [0.2, 0.25) is 0 Å². The molecule has 5 heterocycles. The third-order valence-electron chi connectivity index (χ3n) is 8.62. The molecule has 2 aliphatic rings. The average Bonchev–Trinajstić information content (AvgIpc) is 3.52. The lowest BCUT2D eigenvalue weighted by Crippen LogP contribution is -2.40. The number of imidazole rings is 1. The number of anilines is 3. The van der Waals surface area contributed by atoms with Crippen molar-refractivity contribution < 1.29 is 14.3 Å². The van der Waals surface area contributed by atoms with Crippen molar-refractivity contribution >= 4 is 35.0 Å². The number of nitrogens with zero attached hydrogens (tertiary/aromatic N) is 7. The van der Waals surface area contributed by atoms with Crippen LogP contribution >= 0.6 is 0 Å². The van der Waals surface area contributed by atoms with Gasteiger partial charge in [-0.3, -0.25) is 14.0 Å². The van der Waals surface area contributed by atoms with E-state index in [1.807, 2.05) is 27.5 Å². The Labute approximate surface area is 266 Å². The van der Waals surface area contributed by atoms with Crippen molar-refractivity contribution in [3.05, 3.63) is 83.9 Å². The molecule has 2 aromatic carbocycles. The van der Waals surface area contributed by atoms with Crippen LogP contribution in [0.4, 0.5) is 17.6 Å².